The van der Waals surface area contributed by atoms with Crippen LogP contribution in [0.4, 0.5) is 9.80 Å². The van der Waals surface area contributed by atoms with Gasteiger partial charge in [-0.2, -0.15) is 0 Å². The number of rotatable bonds is 5. The molecule has 2 heterocycles. The van der Waals surface area contributed by atoms with Crippen molar-refractivity contribution in [1.82, 2.24) is 4.90 Å². The van der Waals surface area contributed by atoms with Crippen LogP contribution in [0.25, 0.3) is 0 Å². The van der Waals surface area contributed by atoms with Crippen molar-refractivity contribution >= 4 is 34.3 Å². The minimum Gasteiger partial charge on any atom is -0.465 e. The van der Waals surface area contributed by atoms with E-state index in [1.165, 1.54) is 25.6 Å². The molecule has 1 aromatic heterocycles. The topological polar surface area (TPSA) is 94.2 Å². The first-order valence-corrected chi connectivity index (χ1v) is 11.0. The molecule has 1 N–H and O–H groups in total. The average molecular weight is 467 g/mol. The van der Waals surface area contributed by atoms with E-state index in [9.17, 15) is 14.4 Å². The maximum absolute atomic E-state index is 13.0. The van der Waals surface area contributed by atoms with Gasteiger partial charge in [-0.15, -0.1) is 11.3 Å². The molecule has 0 bridgehead atoms. The Balaban J connectivity index is 1.58. The fraction of sp³-hybridized carbons (Fsp3) is 0.208. The summed E-state index contributed by atoms with van der Waals surface area (Å²) in [5.74, 6) is 0.253. The summed E-state index contributed by atoms with van der Waals surface area (Å²) in [5, 5.41) is 3.22. The Kier molecular flexibility index (Phi) is 6.60. The smallest absolute Gasteiger partial charge is 0.409 e. The van der Waals surface area contributed by atoms with Gasteiger partial charge in [-0.3, -0.25) is 4.79 Å². The van der Waals surface area contributed by atoms with E-state index in [0.717, 1.165) is 10.4 Å². The van der Waals surface area contributed by atoms with E-state index in [1.807, 2.05) is 30.3 Å². The van der Waals surface area contributed by atoms with Crippen molar-refractivity contribution in [2.75, 3.05) is 26.1 Å². The third-order valence-corrected chi connectivity index (χ3v) is 6.31. The number of ether oxygens (including phenoxy) is 3. The molecule has 0 unspecified atom stereocenters. The van der Waals surface area contributed by atoms with E-state index in [2.05, 4.69) is 5.32 Å². The zero-order valence-corrected chi connectivity index (χ0v) is 18.9. The second-order valence-electron chi connectivity index (χ2n) is 7.24. The lowest BCUT2D eigenvalue weighted by molar-refractivity contribution is 0.0600. The molecule has 3 aromatic rings. The van der Waals surface area contributed by atoms with Crippen LogP contribution in [0, 0.1) is 0 Å². The van der Waals surface area contributed by atoms with Gasteiger partial charge in [0.25, 0.3) is 5.91 Å². The Morgan fingerprint density at radius 1 is 0.970 bits per heavy atom. The van der Waals surface area contributed by atoms with Gasteiger partial charge in [-0.1, -0.05) is 24.3 Å². The molecule has 170 valence electrons. The van der Waals surface area contributed by atoms with E-state index in [4.69, 9.17) is 14.2 Å². The van der Waals surface area contributed by atoms with Gasteiger partial charge in [-0.05, 0) is 42.3 Å². The Morgan fingerprint density at radius 3 is 2.45 bits per heavy atom. The molecule has 0 radical (unpaired) electrons. The highest BCUT2D eigenvalue weighted by Crippen LogP contribution is 2.38. The Hall–Kier alpha value is -3.85. The highest BCUT2D eigenvalue weighted by Gasteiger charge is 2.31. The van der Waals surface area contributed by atoms with Gasteiger partial charge in [0, 0.05) is 17.0 Å². The van der Waals surface area contributed by atoms with Crippen LogP contribution in [0.2, 0.25) is 0 Å². The molecule has 2 aromatic carbocycles. The third kappa shape index (κ3) is 4.83. The number of nitrogens with zero attached hydrogens (tertiary/aromatic N) is 1. The van der Waals surface area contributed by atoms with Gasteiger partial charge in [-0.25, -0.2) is 9.59 Å². The standard InChI is InChI=1S/C24H22N2O6S/c1-30-23(28)20-18-11-12-26(24(29)31-2)14-19(18)33-22(20)25-21(27)15-7-6-10-17(13-15)32-16-8-4-3-5-9-16/h3-10,13H,11-12,14H2,1-2H3,(H,25,27). The van der Waals surface area contributed by atoms with Crippen molar-refractivity contribution in [2.45, 2.75) is 13.0 Å². The number of para-hydroxylation sites is 1. The number of hydrogen-bond acceptors (Lipinski definition) is 7. The van der Waals surface area contributed by atoms with E-state index >= 15 is 0 Å². The first kappa shape index (κ1) is 22.3. The molecule has 2 amide bonds. The minimum absolute atomic E-state index is 0.299. The van der Waals surface area contributed by atoms with E-state index in [1.54, 1.807) is 29.2 Å². The molecule has 0 aliphatic carbocycles. The summed E-state index contributed by atoms with van der Waals surface area (Å²) in [7, 11) is 2.62. The van der Waals surface area contributed by atoms with Gasteiger partial charge in [0.15, 0.2) is 0 Å². The quantitative estimate of drug-likeness (QED) is 0.548. The Labute approximate surface area is 194 Å². The normalized spacial score (nSPS) is 12.5. The molecular weight excluding hydrogens is 444 g/mol. The Morgan fingerprint density at radius 2 is 1.73 bits per heavy atom. The highest BCUT2D eigenvalue weighted by molar-refractivity contribution is 7.17. The largest absolute Gasteiger partial charge is 0.465 e. The molecule has 0 atom stereocenters. The van der Waals surface area contributed by atoms with Crippen LogP contribution in [-0.2, 0) is 22.4 Å². The number of esters is 1. The van der Waals surface area contributed by atoms with E-state index in [-0.39, 0.29) is 5.91 Å². The zero-order chi connectivity index (χ0) is 23.4. The van der Waals surface area contributed by atoms with Crippen molar-refractivity contribution in [3.8, 4) is 11.5 Å². The molecule has 8 nitrogen and oxygen atoms in total. The Bertz CT molecular complexity index is 1190. The molecule has 0 saturated carbocycles. The number of anilines is 1. The molecule has 0 fully saturated rings. The lowest BCUT2D eigenvalue weighted by Gasteiger charge is -2.25. The van der Waals surface area contributed by atoms with Crippen molar-refractivity contribution in [3.05, 3.63) is 76.2 Å². The molecule has 1 aliphatic rings. The van der Waals surface area contributed by atoms with Crippen molar-refractivity contribution in [1.29, 1.82) is 0 Å². The maximum Gasteiger partial charge on any atom is 0.409 e. The number of hydrogen-bond donors (Lipinski definition) is 1. The summed E-state index contributed by atoms with van der Waals surface area (Å²) in [6, 6.07) is 16.0. The van der Waals surface area contributed by atoms with Gasteiger partial charge in [0.05, 0.1) is 26.3 Å². The number of thiophene rings is 1. The van der Waals surface area contributed by atoms with Crippen LogP contribution in [0.3, 0.4) is 0 Å². The number of carbonyl (C=O) groups is 3. The summed E-state index contributed by atoms with van der Waals surface area (Å²) in [6.45, 7) is 0.708. The number of benzene rings is 2. The van der Waals surface area contributed by atoms with Crippen LogP contribution in [-0.4, -0.2) is 43.6 Å². The summed E-state index contributed by atoms with van der Waals surface area (Å²) in [4.78, 5) is 39.8. The second-order valence-corrected chi connectivity index (χ2v) is 8.34. The monoisotopic (exact) mass is 466 g/mol. The van der Waals surface area contributed by atoms with Crippen LogP contribution in [0.1, 0.15) is 31.2 Å². The van der Waals surface area contributed by atoms with E-state index in [0.29, 0.717) is 47.1 Å². The van der Waals surface area contributed by atoms with Gasteiger partial charge in [0.2, 0.25) is 0 Å². The van der Waals surface area contributed by atoms with Crippen LogP contribution >= 0.6 is 11.3 Å². The van der Waals surface area contributed by atoms with Gasteiger partial charge in [0.1, 0.15) is 16.5 Å². The number of methoxy groups -OCH3 is 2. The first-order valence-electron chi connectivity index (χ1n) is 10.2. The summed E-state index contributed by atoms with van der Waals surface area (Å²) < 4.78 is 15.6. The highest BCUT2D eigenvalue weighted by atomic mass is 32.1. The minimum atomic E-state index is -0.532. The van der Waals surface area contributed by atoms with Crippen LogP contribution in [0.15, 0.2) is 54.6 Å². The predicted octanol–water partition coefficient (Wildman–Crippen LogP) is 4.70. The average Bonchev–Trinajstić information content (AvgIpc) is 3.20. The number of nitrogens with one attached hydrogen (secondary N) is 1. The van der Waals surface area contributed by atoms with Crippen LogP contribution in [0.5, 0.6) is 11.5 Å². The molecule has 0 saturated heterocycles. The van der Waals surface area contributed by atoms with Crippen molar-refractivity contribution in [3.63, 3.8) is 0 Å². The second kappa shape index (κ2) is 9.74. The van der Waals surface area contributed by atoms with Crippen molar-refractivity contribution < 1.29 is 28.6 Å². The molecule has 0 spiro atoms. The summed E-state index contributed by atoms with van der Waals surface area (Å²) >= 11 is 1.25. The third-order valence-electron chi connectivity index (χ3n) is 5.18. The van der Waals surface area contributed by atoms with Gasteiger partial charge < -0.3 is 24.4 Å². The van der Waals surface area contributed by atoms with Gasteiger partial charge >= 0.3 is 12.1 Å². The molecule has 1 aliphatic heterocycles. The zero-order valence-electron chi connectivity index (χ0n) is 18.1. The number of amides is 2. The first-order chi connectivity index (χ1) is 16.0. The SMILES string of the molecule is COC(=O)c1c(NC(=O)c2cccc(Oc3ccccc3)c2)sc2c1CCN(C(=O)OC)C2. The molecular formula is C24H22N2O6S. The lowest BCUT2D eigenvalue weighted by Crippen LogP contribution is -2.35. The number of carbonyl (C=O) groups excluding carboxylic acids is 3. The van der Waals surface area contributed by atoms with Crippen molar-refractivity contribution in [2.24, 2.45) is 0 Å². The fourth-order valence-electron chi connectivity index (χ4n) is 3.60. The summed E-state index contributed by atoms with van der Waals surface area (Å²) in [6.07, 6.45) is 0.0243. The number of fused-ring (bicyclic) bond motifs is 1. The predicted molar refractivity (Wildman–Crippen MR) is 123 cm³/mol. The lowest BCUT2D eigenvalue weighted by atomic mass is 10.0. The molecule has 33 heavy (non-hydrogen) atoms. The molecule has 9 heteroatoms. The van der Waals surface area contributed by atoms with E-state index < -0.39 is 12.1 Å². The molecule has 4 rings (SSSR count). The summed E-state index contributed by atoms with van der Waals surface area (Å²) in [5.41, 5.74) is 1.48. The fourth-order valence-corrected chi connectivity index (χ4v) is 4.84. The van der Waals surface area contributed by atoms with Crippen LogP contribution < -0.4 is 10.1 Å². The maximum atomic E-state index is 13.0.